The highest BCUT2D eigenvalue weighted by Crippen LogP contribution is 2.28. The van der Waals surface area contributed by atoms with Crippen molar-refractivity contribution in [1.82, 2.24) is 0 Å². The Hall–Kier alpha value is -1.28. The highest BCUT2D eigenvalue weighted by molar-refractivity contribution is 7.93. The van der Waals surface area contributed by atoms with Gasteiger partial charge < -0.3 is 0 Å². The molecule has 1 rings (SSSR count). The monoisotopic (exact) mass is 241 g/mol. The van der Waals surface area contributed by atoms with E-state index in [1.165, 1.54) is 18.2 Å². The first kappa shape index (κ1) is 11.8. The van der Waals surface area contributed by atoms with E-state index in [2.05, 4.69) is 0 Å². The summed E-state index contributed by atoms with van der Waals surface area (Å²) in [6.45, 7) is 0. The van der Waals surface area contributed by atoms with Gasteiger partial charge in [0.1, 0.15) is 0 Å². The molecule has 4 nitrogen and oxygen atoms in total. The van der Waals surface area contributed by atoms with E-state index in [4.69, 9.17) is 5.21 Å². The number of alkyl halides is 3. The second kappa shape index (κ2) is 3.70. The maximum atomic E-state index is 12.0. The Morgan fingerprint density at radius 2 is 1.60 bits per heavy atom. The number of sulfonamides is 1. The third kappa shape index (κ3) is 2.21. The maximum Gasteiger partial charge on any atom is 0.518 e. The van der Waals surface area contributed by atoms with Gasteiger partial charge in [-0.25, -0.2) is 0 Å². The first-order valence-electron chi connectivity index (χ1n) is 3.62. The molecule has 0 saturated carbocycles. The van der Waals surface area contributed by atoms with Gasteiger partial charge in [0.2, 0.25) is 0 Å². The highest BCUT2D eigenvalue weighted by Gasteiger charge is 2.50. The summed E-state index contributed by atoms with van der Waals surface area (Å²) in [6.07, 6.45) is 0. The van der Waals surface area contributed by atoms with Crippen LogP contribution in [0.2, 0.25) is 0 Å². The zero-order chi connectivity index (χ0) is 11.7. The molecule has 15 heavy (non-hydrogen) atoms. The van der Waals surface area contributed by atoms with Gasteiger partial charge in [0.05, 0.1) is 5.69 Å². The van der Waals surface area contributed by atoms with E-state index >= 15 is 0 Å². The molecular formula is C7H6F3NO3S. The predicted octanol–water partition coefficient (Wildman–Crippen LogP) is 1.73. The standard InChI is InChI=1S/C7H6F3NO3S/c8-7(9,10)15(13,14)11(12)6-4-2-1-3-5-6/h1-5,12H. The van der Waals surface area contributed by atoms with Crippen LogP contribution in [0.25, 0.3) is 0 Å². The summed E-state index contributed by atoms with van der Waals surface area (Å²) in [6, 6.07) is 6.12. The van der Waals surface area contributed by atoms with Crippen molar-refractivity contribution in [2.24, 2.45) is 0 Å². The molecule has 0 heterocycles. The summed E-state index contributed by atoms with van der Waals surface area (Å²) < 4.78 is 56.5. The largest absolute Gasteiger partial charge is 0.518 e. The van der Waals surface area contributed by atoms with Crippen LogP contribution >= 0.6 is 0 Å². The number of anilines is 1. The van der Waals surface area contributed by atoms with Gasteiger partial charge in [-0.05, 0) is 12.1 Å². The van der Waals surface area contributed by atoms with Crippen LogP contribution < -0.4 is 4.47 Å². The molecule has 0 atom stereocenters. The van der Waals surface area contributed by atoms with Crippen molar-refractivity contribution >= 4 is 15.7 Å². The van der Waals surface area contributed by atoms with Crippen molar-refractivity contribution in [1.29, 1.82) is 0 Å². The Morgan fingerprint density at radius 3 is 2.00 bits per heavy atom. The molecule has 1 aromatic carbocycles. The van der Waals surface area contributed by atoms with E-state index in [1.807, 2.05) is 0 Å². The molecule has 0 amide bonds. The summed E-state index contributed by atoms with van der Waals surface area (Å²) in [5, 5.41) is 8.91. The lowest BCUT2D eigenvalue weighted by Crippen LogP contribution is -2.38. The minimum atomic E-state index is -5.74. The Morgan fingerprint density at radius 1 is 1.13 bits per heavy atom. The van der Waals surface area contributed by atoms with Crippen LogP contribution in [-0.2, 0) is 10.0 Å². The maximum absolute atomic E-state index is 12.0. The van der Waals surface area contributed by atoms with E-state index in [0.29, 0.717) is 0 Å². The van der Waals surface area contributed by atoms with Gasteiger partial charge in [0, 0.05) is 0 Å². The van der Waals surface area contributed by atoms with Crippen molar-refractivity contribution in [2.75, 3.05) is 4.47 Å². The fraction of sp³-hybridized carbons (Fsp3) is 0.143. The van der Waals surface area contributed by atoms with Crippen molar-refractivity contribution in [3.8, 4) is 0 Å². The molecule has 0 unspecified atom stereocenters. The molecule has 0 aromatic heterocycles. The van der Waals surface area contributed by atoms with Crippen molar-refractivity contribution < 1.29 is 26.8 Å². The number of hydrogen-bond acceptors (Lipinski definition) is 3. The summed E-state index contributed by atoms with van der Waals surface area (Å²) in [7, 11) is -5.74. The molecular weight excluding hydrogens is 235 g/mol. The van der Waals surface area contributed by atoms with Gasteiger partial charge >= 0.3 is 15.5 Å². The van der Waals surface area contributed by atoms with Crippen LogP contribution in [0.5, 0.6) is 0 Å². The van der Waals surface area contributed by atoms with E-state index in [0.717, 1.165) is 12.1 Å². The average molecular weight is 241 g/mol. The molecule has 0 aliphatic heterocycles. The summed E-state index contributed by atoms with van der Waals surface area (Å²) >= 11 is 0. The number of hydrogen-bond donors (Lipinski definition) is 1. The summed E-state index contributed by atoms with van der Waals surface area (Å²) in [5.74, 6) is 0. The van der Waals surface area contributed by atoms with Crippen LogP contribution in [0, 0.1) is 0 Å². The van der Waals surface area contributed by atoms with E-state index < -0.39 is 25.7 Å². The van der Waals surface area contributed by atoms with Crippen LogP contribution in [0.15, 0.2) is 30.3 Å². The minimum absolute atomic E-state index is 0.477. The van der Waals surface area contributed by atoms with Gasteiger partial charge in [0.15, 0.2) is 0 Å². The van der Waals surface area contributed by atoms with Gasteiger partial charge in [-0.3, -0.25) is 5.21 Å². The number of nitrogens with zero attached hydrogens (tertiary/aromatic N) is 1. The van der Waals surface area contributed by atoms with Gasteiger partial charge in [-0.15, -0.1) is 4.47 Å². The SMILES string of the molecule is O=S(=O)(N(O)c1ccccc1)C(F)(F)F. The molecule has 0 bridgehead atoms. The van der Waals surface area contributed by atoms with Gasteiger partial charge in [0.25, 0.3) is 0 Å². The minimum Gasteiger partial charge on any atom is -0.274 e. The molecule has 0 spiro atoms. The topological polar surface area (TPSA) is 57.6 Å². The van der Waals surface area contributed by atoms with E-state index in [1.54, 1.807) is 0 Å². The third-order valence-electron chi connectivity index (χ3n) is 1.50. The smallest absolute Gasteiger partial charge is 0.274 e. The number of rotatable bonds is 2. The Kier molecular flexibility index (Phi) is 2.91. The molecule has 84 valence electrons. The quantitative estimate of drug-likeness (QED) is 0.802. The van der Waals surface area contributed by atoms with Crippen LogP contribution in [0.1, 0.15) is 0 Å². The summed E-state index contributed by atoms with van der Waals surface area (Å²) in [5.41, 5.74) is -6.01. The van der Waals surface area contributed by atoms with Crippen molar-refractivity contribution in [3.63, 3.8) is 0 Å². The Bertz CT molecular complexity index is 429. The molecule has 1 aromatic rings. The Balaban J connectivity index is 3.12. The van der Waals surface area contributed by atoms with E-state index in [-0.39, 0.29) is 0 Å². The van der Waals surface area contributed by atoms with Gasteiger partial charge in [-0.2, -0.15) is 21.6 Å². The first-order valence-corrected chi connectivity index (χ1v) is 5.06. The fourth-order valence-corrected chi connectivity index (χ4v) is 1.39. The number of para-hydroxylation sites is 1. The predicted molar refractivity (Wildman–Crippen MR) is 45.7 cm³/mol. The first-order chi connectivity index (χ1) is 6.77. The van der Waals surface area contributed by atoms with Crippen LogP contribution in [0.3, 0.4) is 0 Å². The molecule has 1 N–H and O–H groups in total. The Labute approximate surface area is 83.6 Å². The van der Waals surface area contributed by atoms with Gasteiger partial charge in [-0.1, -0.05) is 18.2 Å². The lowest BCUT2D eigenvalue weighted by molar-refractivity contribution is -0.0459. The van der Waals surface area contributed by atoms with Crippen LogP contribution in [0.4, 0.5) is 18.9 Å². The second-order valence-corrected chi connectivity index (χ2v) is 4.29. The zero-order valence-corrected chi connectivity index (χ0v) is 7.96. The number of halogens is 3. The highest BCUT2D eigenvalue weighted by atomic mass is 32.2. The average Bonchev–Trinajstić information content (AvgIpc) is 2.16. The zero-order valence-electron chi connectivity index (χ0n) is 7.14. The molecule has 0 radical (unpaired) electrons. The lowest BCUT2D eigenvalue weighted by atomic mass is 10.3. The molecule has 8 heteroatoms. The normalized spacial score (nSPS) is 12.5. The molecule has 0 fully saturated rings. The second-order valence-electron chi connectivity index (χ2n) is 2.53. The number of benzene rings is 1. The van der Waals surface area contributed by atoms with Crippen molar-refractivity contribution in [2.45, 2.75) is 5.51 Å². The molecule has 0 aliphatic rings. The summed E-state index contributed by atoms with van der Waals surface area (Å²) in [4.78, 5) is 0. The van der Waals surface area contributed by atoms with Crippen LogP contribution in [-0.4, -0.2) is 19.1 Å². The van der Waals surface area contributed by atoms with Crippen molar-refractivity contribution in [3.05, 3.63) is 30.3 Å². The fourth-order valence-electron chi connectivity index (χ4n) is 0.792. The third-order valence-corrected chi connectivity index (χ3v) is 2.75. The lowest BCUT2D eigenvalue weighted by Gasteiger charge is -2.18. The molecule has 0 aliphatic carbocycles. The van der Waals surface area contributed by atoms with E-state index in [9.17, 15) is 21.6 Å². The molecule has 0 saturated heterocycles.